The Morgan fingerprint density at radius 2 is 1.83 bits per heavy atom. The third-order valence-corrected chi connectivity index (χ3v) is 5.08. The smallest absolute Gasteiger partial charge is 0.243 e. The summed E-state index contributed by atoms with van der Waals surface area (Å²) >= 11 is 7.03. The standard InChI is InChI=1S/C16H13Br2N5/c17-12-6-4-10(5-7-12)15-9-14(11-2-1-3-13(18)8-11)19-16-20-21-22-23(15)16/h1-8,14-15H,9H2,(H,19,20,22)/t14-,15+/m1/s1. The number of rotatable bonds is 2. The molecule has 0 spiro atoms. The average Bonchev–Trinajstić information content (AvgIpc) is 3.03. The van der Waals surface area contributed by atoms with E-state index in [0.29, 0.717) is 5.95 Å². The molecule has 0 saturated carbocycles. The van der Waals surface area contributed by atoms with Gasteiger partial charge in [-0.2, -0.15) is 0 Å². The second kappa shape index (κ2) is 6.05. The van der Waals surface area contributed by atoms with Gasteiger partial charge in [-0.15, -0.1) is 0 Å². The van der Waals surface area contributed by atoms with E-state index in [0.717, 1.165) is 15.4 Å². The Kier molecular flexibility index (Phi) is 3.90. The molecule has 7 heteroatoms. The molecule has 2 atom stereocenters. The quantitative estimate of drug-likeness (QED) is 0.651. The molecule has 1 aliphatic heterocycles. The predicted molar refractivity (Wildman–Crippen MR) is 95.2 cm³/mol. The van der Waals surface area contributed by atoms with Gasteiger partial charge >= 0.3 is 0 Å². The van der Waals surface area contributed by atoms with Crippen molar-refractivity contribution in [1.82, 2.24) is 20.2 Å². The third kappa shape index (κ3) is 2.90. The molecule has 116 valence electrons. The Balaban J connectivity index is 1.73. The number of halogens is 2. The number of aromatic nitrogens is 4. The maximum atomic E-state index is 4.15. The normalized spacial score (nSPS) is 19.9. The molecule has 5 nitrogen and oxygen atoms in total. The van der Waals surface area contributed by atoms with E-state index in [1.807, 2.05) is 16.8 Å². The Hall–Kier alpha value is -1.73. The molecule has 23 heavy (non-hydrogen) atoms. The van der Waals surface area contributed by atoms with Gasteiger partial charge in [0.2, 0.25) is 5.95 Å². The highest BCUT2D eigenvalue weighted by molar-refractivity contribution is 9.10. The first-order chi connectivity index (χ1) is 11.2. The summed E-state index contributed by atoms with van der Waals surface area (Å²) in [4.78, 5) is 0. The van der Waals surface area contributed by atoms with Crippen LogP contribution in [0.15, 0.2) is 57.5 Å². The van der Waals surface area contributed by atoms with Crippen LogP contribution < -0.4 is 5.32 Å². The van der Waals surface area contributed by atoms with Gasteiger partial charge in [-0.25, -0.2) is 4.68 Å². The summed E-state index contributed by atoms with van der Waals surface area (Å²) in [6.45, 7) is 0. The van der Waals surface area contributed by atoms with Crippen molar-refractivity contribution in [1.29, 1.82) is 0 Å². The molecule has 0 saturated heterocycles. The molecular formula is C16H13Br2N5. The van der Waals surface area contributed by atoms with E-state index in [2.05, 4.69) is 89.1 Å². The zero-order chi connectivity index (χ0) is 15.8. The molecule has 2 aromatic carbocycles. The second-order valence-corrected chi connectivity index (χ2v) is 7.33. The molecule has 0 radical (unpaired) electrons. The van der Waals surface area contributed by atoms with Crippen LogP contribution in [-0.2, 0) is 0 Å². The fourth-order valence-electron chi connectivity index (χ4n) is 2.94. The van der Waals surface area contributed by atoms with Crippen molar-refractivity contribution in [2.45, 2.75) is 18.5 Å². The van der Waals surface area contributed by atoms with Crippen LogP contribution in [0.5, 0.6) is 0 Å². The first-order valence-corrected chi connectivity index (χ1v) is 8.84. The van der Waals surface area contributed by atoms with E-state index in [4.69, 9.17) is 0 Å². The van der Waals surface area contributed by atoms with E-state index in [9.17, 15) is 0 Å². The summed E-state index contributed by atoms with van der Waals surface area (Å²) in [6, 6.07) is 16.9. The van der Waals surface area contributed by atoms with Crippen molar-refractivity contribution in [3.05, 3.63) is 68.6 Å². The molecule has 1 aliphatic rings. The van der Waals surface area contributed by atoms with E-state index in [1.54, 1.807) is 0 Å². The van der Waals surface area contributed by atoms with Gasteiger partial charge < -0.3 is 5.32 Å². The van der Waals surface area contributed by atoms with Crippen molar-refractivity contribution in [3.8, 4) is 0 Å². The summed E-state index contributed by atoms with van der Waals surface area (Å²) in [5, 5.41) is 15.5. The lowest BCUT2D eigenvalue weighted by molar-refractivity contribution is 0.423. The number of nitrogens with zero attached hydrogens (tertiary/aromatic N) is 4. The molecule has 4 rings (SSSR count). The van der Waals surface area contributed by atoms with Gasteiger partial charge in [0.15, 0.2) is 0 Å². The van der Waals surface area contributed by atoms with Crippen molar-refractivity contribution >= 4 is 37.8 Å². The summed E-state index contributed by atoms with van der Waals surface area (Å²) < 4.78 is 4.00. The minimum Gasteiger partial charge on any atom is -0.346 e. The highest BCUT2D eigenvalue weighted by Crippen LogP contribution is 2.37. The fourth-order valence-corrected chi connectivity index (χ4v) is 3.62. The van der Waals surface area contributed by atoms with Crippen LogP contribution >= 0.6 is 31.9 Å². The van der Waals surface area contributed by atoms with Gasteiger partial charge in [0.1, 0.15) is 0 Å². The van der Waals surface area contributed by atoms with Crippen LogP contribution in [0.2, 0.25) is 0 Å². The highest BCUT2D eigenvalue weighted by Gasteiger charge is 2.30. The molecule has 0 bridgehead atoms. The SMILES string of the molecule is Brc1ccc([C@@H]2C[C@H](c3cccc(Br)c3)Nc3nnnn32)cc1. The molecule has 0 aliphatic carbocycles. The highest BCUT2D eigenvalue weighted by atomic mass is 79.9. The first kappa shape index (κ1) is 14.8. The van der Waals surface area contributed by atoms with Crippen LogP contribution in [0.4, 0.5) is 5.95 Å². The average molecular weight is 435 g/mol. The predicted octanol–water partition coefficient (Wildman–Crippen LogP) is 4.34. The summed E-state index contributed by atoms with van der Waals surface area (Å²) in [5.74, 6) is 0.703. The van der Waals surface area contributed by atoms with Gasteiger partial charge in [-0.1, -0.05) is 61.2 Å². The second-order valence-electron chi connectivity index (χ2n) is 5.50. The van der Waals surface area contributed by atoms with Crippen LogP contribution in [0.3, 0.4) is 0 Å². The molecule has 2 heterocycles. The van der Waals surface area contributed by atoms with E-state index in [1.165, 1.54) is 11.1 Å². The minimum absolute atomic E-state index is 0.110. The number of hydrogen-bond acceptors (Lipinski definition) is 4. The van der Waals surface area contributed by atoms with Crippen LogP contribution in [-0.4, -0.2) is 20.2 Å². The van der Waals surface area contributed by atoms with Crippen molar-refractivity contribution in [2.24, 2.45) is 0 Å². The molecular weight excluding hydrogens is 422 g/mol. The number of nitrogens with one attached hydrogen (secondary N) is 1. The van der Waals surface area contributed by atoms with Crippen LogP contribution in [0.1, 0.15) is 29.6 Å². The monoisotopic (exact) mass is 433 g/mol. The fraction of sp³-hybridized carbons (Fsp3) is 0.188. The largest absolute Gasteiger partial charge is 0.346 e. The zero-order valence-electron chi connectivity index (χ0n) is 12.0. The van der Waals surface area contributed by atoms with Gasteiger partial charge in [-0.3, -0.25) is 0 Å². The molecule has 0 fully saturated rings. The molecule has 1 N–H and O–H groups in total. The zero-order valence-corrected chi connectivity index (χ0v) is 15.2. The van der Waals surface area contributed by atoms with Crippen molar-refractivity contribution in [3.63, 3.8) is 0 Å². The molecule has 0 unspecified atom stereocenters. The maximum absolute atomic E-state index is 4.15. The summed E-state index contributed by atoms with van der Waals surface area (Å²) in [6.07, 6.45) is 0.885. The van der Waals surface area contributed by atoms with E-state index in [-0.39, 0.29) is 12.1 Å². The number of fused-ring (bicyclic) bond motifs is 1. The minimum atomic E-state index is 0.110. The van der Waals surface area contributed by atoms with Gasteiger partial charge in [0.25, 0.3) is 0 Å². The number of tetrazole rings is 1. The summed E-state index contributed by atoms with van der Waals surface area (Å²) in [5.41, 5.74) is 2.42. The number of hydrogen-bond donors (Lipinski definition) is 1. The maximum Gasteiger partial charge on any atom is 0.243 e. The van der Waals surface area contributed by atoms with Crippen molar-refractivity contribution < 1.29 is 0 Å². The Morgan fingerprint density at radius 3 is 2.61 bits per heavy atom. The van der Waals surface area contributed by atoms with Crippen LogP contribution in [0.25, 0.3) is 0 Å². The van der Waals surface area contributed by atoms with Gasteiger partial charge in [-0.05, 0) is 52.2 Å². The number of anilines is 1. The first-order valence-electron chi connectivity index (χ1n) is 7.26. The molecule has 3 aromatic rings. The lowest BCUT2D eigenvalue weighted by atomic mass is 9.93. The Bertz CT molecular complexity index is 830. The van der Waals surface area contributed by atoms with E-state index >= 15 is 0 Å². The Morgan fingerprint density at radius 1 is 1.00 bits per heavy atom. The van der Waals surface area contributed by atoms with Crippen LogP contribution in [0, 0.1) is 0 Å². The van der Waals surface area contributed by atoms with E-state index < -0.39 is 0 Å². The van der Waals surface area contributed by atoms with Gasteiger partial charge in [0.05, 0.1) is 12.1 Å². The molecule has 1 aromatic heterocycles. The van der Waals surface area contributed by atoms with Gasteiger partial charge in [0, 0.05) is 8.95 Å². The summed E-state index contributed by atoms with van der Waals surface area (Å²) in [7, 11) is 0. The lowest BCUT2D eigenvalue weighted by Gasteiger charge is -2.31. The lowest BCUT2D eigenvalue weighted by Crippen LogP contribution is -2.28. The topological polar surface area (TPSA) is 55.6 Å². The molecule has 0 amide bonds. The van der Waals surface area contributed by atoms with Crippen molar-refractivity contribution in [2.75, 3.05) is 5.32 Å². The Labute approximate surface area is 150 Å². The number of benzene rings is 2. The third-order valence-electron chi connectivity index (χ3n) is 4.06.